The minimum atomic E-state index is 0.533. The van der Waals surface area contributed by atoms with Gasteiger partial charge in [0.15, 0.2) is 0 Å². The van der Waals surface area contributed by atoms with E-state index in [2.05, 4.69) is 55.1 Å². The quantitative estimate of drug-likeness (QED) is 0.699. The molecule has 0 amide bonds. The van der Waals surface area contributed by atoms with Gasteiger partial charge in [-0.25, -0.2) is 4.98 Å². The third-order valence-corrected chi connectivity index (χ3v) is 2.75. The van der Waals surface area contributed by atoms with Crippen LogP contribution in [0.3, 0.4) is 0 Å². The van der Waals surface area contributed by atoms with Gasteiger partial charge in [0.1, 0.15) is 9.52 Å². The molecule has 0 aliphatic rings. The number of fused-ring (bicyclic) bond motifs is 1. The zero-order valence-corrected chi connectivity index (χ0v) is 10.1. The second kappa shape index (κ2) is 2.98. The predicted molar refractivity (Wildman–Crippen MR) is 62.8 cm³/mol. The van der Waals surface area contributed by atoms with Crippen LogP contribution in [-0.4, -0.2) is 14.4 Å². The molecule has 0 fully saturated rings. The van der Waals surface area contributed by atoms with Crippen LogP contribution in [0.5, 0.6) is 0 Å². The molecule has 4 nitrogen and oxygen atoms in total. The normalized spacial score (nSPS) is 10.8. The lowest BCUT2D eigenvalue weighted by Crippen LogP contribution is -1.97. The van der Waals surface area contributed by atoms with Crippen LogP contribution in [0.15, 0.2) is 12.4 Å². The third kappa shape index (κ3) is 1.37. The number of hydrogen-bond acceptors (Lipinski definition) is 3. The minimum absolute atomic E-state index is 0.533. The van der Waals surface area contributed by atoms with Gasteiger partial charge in [0.25, 0.3) is 0 Å². The molecule has 2 N–H and O–H groups in total. The van der Waals surface area contributed by atoms with Crippen molar-refractivity contribution in [2.75, 3.05) is 5.73 Å². The lowest BCUT2D eigenvalue weighted by atomic mass is 10.6. The Morgan fingerprint density at radius 3 is 2.75 bits per heavy atom. The molecule has 2 aromatic heterocycles. The molecule has 0 aliphatic carbocycles. The molecule has 0 aromatic carbocycles. The number of halogens is 2. The maximum atomic E-state index is 5.62. The molecule has 2 rings (SSSR count). The van der Waals surface area contributed by atoms with Gasteiger partial charge in [-0.2, -0.15) is 4.98 Å². The van der Waals surface area contributed by atoms with Crippen LogP contribution < -0.4 is 5.73 Å². The van der Waals surface area contributed by atoms with E-state index in [1.807, 2.05) is 16.8 Å². The molecule has 62 valence electrons. The number of rotatable bonds is 0. The molecule has 0 spiro atoms. The lowest BCUT2D eigenvalue weighted by Gasteiger charge is -1.96. The first-order valence-corrected chi connectivity index (χ1v) is 5.29. The number of imidazole rings is 1. The summed E-state index contributed by atoms with van der Waals surface area (Å²) in [5.74, 6) is 1.18. The number of hydrogen-bond donors (Lipinski definition) is 1. The first kappa shape index (κ1) is 8.48. The molecule has 0 atom stereocenters. The molecule has 0 radical (unpaired) electrons. The van der Waals surface area contributed by atoms with Crippen molar-refractivity contribution in [2.45, 2.75) is 0 Å². The Kier molecular flexibility index (Phi) is 2.10. The maximum absolute atomic E-state index is 5.62. The van der Waals surface area contributed by atoms with Gasteiger partial charge in [0.2, 0.25) is 5.78 Å². The van der Waals surface area contributed by atoms with Crippen LogP contribution in [0.2, 0.25) is 0 Å². The van der Waals surface area contributed by atoms with E-state index < -0.39 is 0 Å². The first-order chi connectivity index (χ1) is 5.66. The van der Waals surface area contributed by atoms with Gasteiger partial charge >= 0.3 is 0 Å². The molecule has 6 heteroatoms. The van der Waals surface area contributed by atoms with E-state index in [0.29, 0.717) is 11.6 Å². The standard InChI is InChI=1S/C6H4I2N4/c7-3-1-12-2-4(8)10-6(12)11-5(3)9/h1-2H,(H2,9,10,11). The van der Waals surface area contributed by atoms with Crippen molar-refractivity contribution in [3.63, 3.8) is 0 Å². The summed E-state index contributed by atoms with van der Waals surface area (Å²) in [5, 5.41) is 0. The van der Waals surface area contributed by atoms with E-state index in [0.717, 1.165) is 7.27 Å². The average molecular weight is 386 g/mol. The van der Waals surface area contributed by atoms with Crippen molar-refractivity contribution < 1.29 is 0 Å². The van der Waals surface area contributed by atoms with Crippen LogP contribution in [0.4, 0.5) is 5.82 Å². The van der Waals surface area contributed by atoms with Crippen LogP contribution in [0.25, 0.3) is 5.78 Å². The van der Waals surface area contributed by atoms with Crippen molar-refractivity contribution in [1.82, 2.24) is 14.4 Å². The van der Waals surface area contributed by atoms with E-state index in [-0.39, 0.29) is 0 Å². The van der Waals surface area contributed by atoms with E-state index in [4.69, 9.17) is 5.73 Å². The van der Waals surface area contributed by atoms with Gasteiger partial charge < -0.3 is 5.73 Å². The Hall–Kier alpha value is -0.120. The Bertz CT molecular complexity index is 397. The number of nitrogens with zero attached hydrogens (tertiary/aromatic N) is 3. The number of nitrogens with two attached hydrogens (primary N) is 1. The van der Waals surface area contributed by atoms with Crippen molar-refractivity contribution in [2.24, 2.45) is 0 Å². The van der Waals surface area contributed by atoms with Crippen molar-refractivity contribution in [3.8, 4) is 0 Å². The van der Waals surface area contributed by atoms with Gasteiger partial charge in [-0.15, -0.1) is 0 Å². The fraction of sp³-hybridized carbons (Fsp3) is 0. The van der Waals surface area contributed by atoms with E-state index in [1.54, 1.807) is 0 Å². The van der Waals surface area contributed by atoms with Crippen LogP contribution in [0, 0.1) is 7.27 Å². The predicted octanol–water partition coefficient (Wildman–Crippen LogP) is 1.52. The molecular formula is C6H4I2N4. The topological polar surface area (TPSA) is 56.2 Å². The van der Waals surface area contributed by atoms with Crippen LogP contribution in [0.1, 0.15) is 0 Å². The Labute approximate surface area is 95.9 Å². The summed E-state index contributed by atoms with van der Waals surface area (Å²) in [6.07, 6.45) is 3.82. The zero-order chi connectivity index (χ0) is 8.72. The van der Waals surface area contributed by atoms with Gasteiger partial charge in [-0.1, -0.05) is 0 Å². The Morgan fingerprint density at radius 1 is 1.25 bits per heavy atom. The second-order valence-corrected chi connectivity index (χ2v) is 4.51. The Morgan fingerprint density at radius 2 is 2.00 bits per heavy atom. The molecule has 0 saturated heterocycles. The second-order valence-electron chi connectivity index (χ2n) is 2.24. The summed E-state index contributed by atoms with van der Waals surface area (Å²) in [7, 11) is 0. The summed E-state index contributed by atoms with van der Waals surface area (Å²) in [6, 6.07) is 0. The van der Waals surface area contributed by atoms with Gasteiger partial charge in [-0.3, -0.25) is 4.40 Å². The fourth-order valence-corrected chi connectivity index (χ4v) is 1.82. The lowest BCUT2D eigenvalue weighted by molar-refractivity contribution is 1.10. The minimum Gasteiger partial charge on any atom is -0.383 e. The molecule has 12 heavy (non-hydrogen) atoms. The van der Waals surface area contributed by atoms with Crippen LogP contribution in [-0.2, 0) is 0 Å². The van der Waals surface area contributed by atoms with Gasteiger partial charge in [0.05, 0.1) is 3.57 Å². The molecular weight excluding hydrogens is 382 g/mol. The van der Waals surface area contributed by atoms with Crippen molar-refractivity contribution in [3.05, 3.63) is 19.7 Å². The van der Waals surface area contributed by atoms with E-state index >= 15 is 0 Å². The van der Waals surface area contributed by atoms with Crippen LogP contribution >= 0.6 is 45.2 Å². The SMILES string of the molecule is Nc1nc2nc(I)cn2cc1I. The highest BCUT2D eigenvalue weighted by Gasteiger charge is 2.03. The summed E-state index contributed by atoms with van der Waals surface area (Å²) in [4.78, 5) is 8.28. The van der Waals surface area contributed by atoms with E-state index in [9.17, 15) is 0 Å². The molecule has 0 aliphatic heterocycles. The average Bonchev–Trinajstić information content (AvgIpc) is 2.30. The third-order valence-electron chi connectivity index (χ3n) is 1.40. The zero-order valence-electron chi connectivity index (χ0n) is 5.83. The Balaban J connectivity index is 2.83. The molecule has 2 heterocycles. The summed E-state index contributed by atoms with van der Waals surface area (Å²) in [5.41, 5.74) is 5.62. The smallest absolute Gasteiger partial charge is 0.236 e. The highest BCUT2D eigenvalue weighted by atomic mass is 127. The molecule has 0 bridgehead atoms. The highest BCUT2D eigenvalue weighted by Crippen LogP contribution is 2.13. The largest absolute Gasteiger partial charge is 0.383 e. The summed E-state index contributed by atoms with van der Waals surface area (Å²) >= 11 is 4.28. The van der Waals surface area contributed by atoms with Crippen molar-refractivity contribution in [1.29, 1.82) is 0 Å². The van der Waals surface area contributed by atoms with Gasteiger partial charge in [-0.05, 0) is 45.2 Å². The maximum Gasteiger partial charge on any atom is 0.236 e. The number of nitrogen functional groups attached to an aromatic ring is 1. The summed E-state index contributed by atoms with van der Waals surface area (Å²) < 4.78 is 3.72. The molecule has 0 saturated carbocycles. The molecule has 2 aromatic rings. The van der Waals surface area contributed by atoms with Crippen molar-refractivity contribution >= 4 is 56.8 Å². The summed E-state index contributed by atoms with van der Waals surface area (Å²) in [6.45, 7) is 0. The fourth-order valence-electron chi connectivity index (χ4n) is 0.882. The van der Waals surface area contributed by atoms with Gasteiger partial charge in [0, 0.05) is 12.4 Å². The number of aromatic nitrogens is 3. The first-order valence-electron chi connectivity index (χ1n) is 3.13. The van der Waals surface area contributed by atoms with E-state index in [1.165, 1.54) is 0 Å². The number of anilines is 1. The monoisotopic (exact) mass is 386 g/mol. The highest BCUT2D eigenvalue weighted by molar-refractivity contribution is 14.1. The molecule has 0 unspecified atom stereocenters.